The predicted molar refractivity (Wildman–Crippen MR) is 111 cm³/mol. The van der Waals surface area contributed by atoms with E-state index in [1.807, 2.05) is 24.1 Å². The zero-order valence-corrected chi connectivity index (χ0v) is 17.7. The summed E-state index contributed by atoms with van der Waals surface area (Å²) in [4.78, 5) is 9.44. The molecule has 7 heteroatoms. The monoisotopic (exact) mass is 378 g/mol. The highest BCUT2D eigenvalue weighted by Crippen LogP contribution is 2.21. The van der Waals surface area contributed by atoms with E-state index in [0.29, 0.717) is 0 Å². The maximum absolute atomic E-state index is 5.95. The van der Waals surface area contributed by atoms with Crippen LogP contribution in [0, 0.1) is 0 Å². The molecule has 1 aromatic heterocycles. The third kappa shape index (κ3) is 7.89. The first-order valence-corrected chi connectivity index (χ1v) is 10.4. The summed E-state index contributed by atoms with van der Waals surface area (Å²) in [5.41, 5.74) is 1.13. The molecule has 1 N–H and O–H groups in total. The Morgan fingerprint density at radius 1 is 1.30 bits per heavy atom. The number of rotatable bonds is 10. The average Bonchev–Trinajstić information content (AvgIpc) is 3.09. The van der Waals surface area contributed by atoms with Gasteiger partial charge in [-0.1, -0.05) is 19.3 Å². The summed E-state index contributed by atoms with van der Waals surface area (Å²) < 4.78 is 7.78. The number of hydrogen-bond donors (Lipinski definition) is 1. The normalized spacial score (nSPS) is 18.3. The second kappa shape index (κ2) is 12.0. The Labute approximate surface area is 164 Å². The number of unbranched alkanes of at least 4 members (excludes halogenated alkanes) is 4. The summed E-state index contributed by atoms with van der Waals surface area (Å²) in [6.45, 7) is 7.52. The molecule has 154 valence electrons. The van der Waals surface area contributed by atoms with Gasteiger partial charge < -0.3 is 19.9 Å². The van der Waals surface area contributed by atoms with E-state index >= 15 is 0 Å². The second-order valence-corrected chi connectivity index (χ2v) is 7.56. The van der Waals surface area contributed by atoms with Gasteiger partial charge in [0.05, 0.1) is 19.3 Å². The van der Waals surface area contributed by atoms with Crippen LogP contribution in [0.5, 0.6) is 0 Å². The molecule has 0 radical (unpaired) electrons. The van der Waals surface area contributed by atoms with Gasteiger partial charge >= 0.3 is 0 Å². The molecule has 1 aromatic rings. The summed E-state index contributed by atoms with van der Waals surface area (Å²) in [7, 11) is 6.22. The fourth-order valence-electron chi connectivity index (χ4n) is 3.33. The van der Waals surface area contributed by atoms with Crippen LogP contribution in [0.15, 0.2) is 17.4 Å². The van der Waals surface area contributed by atoms with E-state index in [-0.39, 0.29) is 6.10 Å². The van der Waals surface area contributed by atoms with Gasteiger partial charge in [-0.25, -0.2) is 0 Å². The molecule has 0 amide bonds. The first-order valence-electron chi connectivity index (χ1n) is 10.4. The summed E-state index contributed by atoms with van der Waals surface area (Å²) in [6.07, 6.45) is 10.3. The molecule has 1 fully saturated rings. The lowest BCUT2D eigenvalue weighted by atomic mass is 10.1. The van der Waals surface area contributed by atoms with Crippen LogP contribution in [0.2, 0.25) is 0 Å². The van der Waals surface area contributed by atoms with Gasteiger partial charge in [0.2, 0.25) is 0 Å². The second-order valence-electron chi connectivity index (χ2n) is 7.56. The van der Waals surface area contributed by atoms with Gasteiger partial charge in [-0.05, 0) is 40.4 Å². The van der Waals surface area contributed by atoms with Crippen LogP contribution in [-0.2, 0) is 11.8 Å². The predicted octanol–water partition coefficient (Wildman–Crippen LogP) is 2.27. The quantitative estimate of drug-likeness (QED) is 0.384. The van der Waals surface area contributed by atoms with Crippen LogP contribution in [-0.4, -0.2) is 79.0 Å². The number of aromatic nitrogens is 2. The molecule has 1 aliphatic rings. The van der Waals surface area contributed by atoms with Crippen molar-refractivity contribution in [3.63, 3.8) is 0 Å². The lowest BCUT2D eigenvalue weighted by Gasteiger charge is -2.34. The van der Waals surface area contributed by atoms with Crippen molar-refractivity contribution in [2.24, 2.45) is 12.0 Å². The highest BCUT2D eigenvalue weighted by Gasteiger charge is 2.25. The maximum atomic E-state index is 5.95. The number of guanidine groups is 1. The van der Waals surface area contributed by atoms with E-state index < -0.39 is 0 Å². The van der Waals surface area contributed by atoms with Crippen LogP contribution in [0.1, 0.15) is 50.7 Å². The molecule has 27 heavy (non-hydrogen) atoms. The summed E-state index contributed by atoms with van der Waals surface area (Å²) >= 11 is 0. The molecule has 0 spiro atoms. The topological polar surface area (TPSA) is 57.9 Å². The Morgan fingerprint density at radius 3 is 2.78 bits per heavy atom. The smallest absolute Gasteiger partial charge is 0.194 e. The molecule has 0 aliphatic carbocycles. The SMILES string of the molecule is CCNC(=NCCCCCCCN(C)C)N1CCOC(c2cnn(C)c2)C1. The van der Waals surface area contributed by atoms with E-state index in [2.05, 4.69) is 41.2 Å². The van der Waals surface area contributed by atoms with Crippen molar-refractivity contribution >= 4 is 5.96 Å². The van der Waals surface area contributed by atoms with Crippen LogP contribution in [0.25, 0.3) is 0 Å². The van der Waals surface area contributed by atoms with Crippen molar-refractivity contribution in [2.75, 3.05) is 53.4 Å². The molecule has 1 aliphatic heterocycles. The van der Waals surface area contributed by atoms with Crippen LogP contribution in [0.3, 0.4) is 0 Å². The standard InChI is InChI=1S/C20H38N6O/c1-5-21-20(22-11-9-7-6-8-10-12-24(2)3)26-13-14-27-19(17-26)18-15-23-25(4)16-18/h15-16,19H,5-14,17H2,1-4H3,(H,21,22). The number of morpholine rings is 1. The van der Waals surface area contributed by atoms with Crippen molar-refractivity contribution in [3.05, 3.63) is 18.0 Å². The van der Waals surface area contributed by atoms with E-state index in [9.17, 15) is 0 Å². The minimum absolute atomic E-state index is 0.0630. The van der Waals surface area contributed by atoms with Gasteiger partial charge in [-0.15, -0.1) is 0 Å². The fourth-order valence-corrected chi connectivity index (χ4v) is 3.33. The molecule has 0 aromatic carbocycles. The van der Waals surface area contributed by atoms with Gasteiger partial charge in [-0.2, -0.15) is 5.10 Å². The summed E-state index contributed by atoms with van der Waals surface area (Å²) in [5, 5.41) is 7.72. The van der Waals surface area contributed by atoms with Crippen LogP contribution in [0.4, 0.5) is 0 Å². The average molecular weight is 379 g/mol. The molecule has 2 rings (SSSR count). The van der Waals surface area contributed by atoms with Crippen LogP contribution >= 0.6 is 0 Å². The molecule has 1 unspecified atom stereocenters. The largest absolute Gasteiger partial charge is 0.370 e. The molecule has 1 atom stereocenters. The van der Waals surface area contributed by atoms with Gasteiger partial charge in [0, 0.05) is 38.4 Å². The number of aryl methyl sites for hydroxylation is 1. The Morgan fingerprint density at radius 2 is 2.07 bits per heavy atom. The van der Waals surface area contributed by atoms with Gasteiger partial charge in [0.25, 0.3) is 0 Å². The molecular weight excluding hydrogens is 340 g/mol. The Balaban J connectivity index is 1.76. The Bertz CT molecular complexity index is 556. The summed E-state index contributed by atoms with van der Waals surface area (Å²) in [6, 6.07) is 0. The van der Waals surface area contributed by atoms with E-state index in [4.69, 9.17) is 9.73 Å². The zero-order chi connectivity index (χ0) is 19.5. The lowest BCUT2D eigenvalue weighted by Crippen LogP contribution is -2.48. The molecular formula is C20H38N6O. The highest BCUT2D eigenvalue weighted by atomic mass is 16.5. The lowest BCUT2D eigenvalue weighted by molar-refractivity contribution is -0.00804. The van der Waals surface area contributed by atoms with Gasteiger partial charge in [0.15, 0.2) is 5.96 Å². The third-order valence-corrected chi connectivity index (χ3v) is 4.82. The Kier molecular flexibility index (Phi) is 9.62. The number of nitrogens with zero attached hydrogens (tertiary/aromatic N) is 5. The van der Waals surface area contributed by atoms with Crippen molar-refractivity contribution in [1.29, 1.82) is 0 Å². The summed E-state index contributed by atoms with van der Waals surface area (Å²) in [5.74, 6) is 1.02. The number of aliphatic imine (C=N–C) groups is 1. The molecule has 7 nitrogen and oxygen atoms in total. The van der Waals surface area contributed by atoms with Crippen molar-refractivity contribution in [2.45, 2.75) is 45.1 Å². The molecule has 2 heterocycles. The molecule has 0 saturated carbocycles. The van der Waals surface area contributed by atoms with Gasteiger partial charge in [0.1, 0.15) is 6.10 Å². The number of ether oxygens (including phenoxy) is 1. The minimum Gasteiger partial charge on any atom is -0.370 e. The number of nitrogens with one attached hydrogen (secondary N) is 1. The van der Waals surface area contributed by atoms with E-state index in [0.717, 1.165) is 50.7 Å². The Hall–Kier alpha value is -1.60. The molecule has 1 saturated heterocycles. The zero-order valence-electron chi connectivity index (χ0n) is 17.7. The highest BCUT2D eigenvalue weighted by molar-refractivity contribution is 5.80. The first kappa shape index (κ1) is 21.7. The third-order valence-electron chi connectivity index (χ3n) is 4.82. The fraction of sp³-hybridized carbons (Fsp3) is 0.800. The minimum atomic E-state index is 0.0630. The van der Waals surface area contributed by atoms with Crippen molar-refractivity contribution in [1.82, 2.24) is 24.9 Å². The van der Waals surface area contributed by atoms with Crippen LogP contribution < -0.4 is 5.32 Å². The van der Waals surface area contributed by atoms with E-state index in [1.54, 1.807) is 0 Å². The first-order chi connectivity index (χ1) is 13.1. The van der Waals surface area contributed by atoms with Gasteiger partial charge in [-0.3, -0.25) is 9.67 Å². The van der Waals surface area contributed by atoms with E-state index in [1.165, 1.54) is 32.2 Å². The van der Waals surface area contributed by atoms with Crippen molar-refractivity contribution < 1.29 is 4.74 Å². The number of hydrogen-bond acceptors (Lipinski definition) is 4. The van der Waals surface area contributed by atoms with Crippen molar-refractivity contribution in [3.8, 4) is 0 Å². The molecule has 0 bridgehead atoms. The maximum Gasteiger partial charge on any atom is 0.194 e.